The van der Waals surface area contributed by atoms with Crippen LogP contribution in [0, 0.1) is 0 Å². The molecule has 1 aliphatic rings. The number of urea groups is 1. The molecule has 1 aromatic heterocycles. The van der Waals surface area contributed by atoms with E-state index in [0.29, 0.717) is 6.42 Å². The molecule has 0 spiro atoms. The van der Waals surface area contributed by atoms with Gasteiger partial charge in [0.15, 0.2) is 0 Å². The van der Waals surface area contributed by atoms with E-state index in [9.17, 15) is 14.4 Å². The standard InChI is InChI=1S/C22H20N4O4/c27-20(25-30)10-9-14-5-7-15(8-6-14)13-26-19(21(28)24-22(26)29)11-16-12-23-18-4-2-1-3-17(16)18/h1-10,12,19,23,30H,11,13H2,(H,25,27)(H,24,28,29)/b10-9+/t19-/m1/s1. The molecule has 2 aromatic carbocycles. The Bertz CT molecular complexity index is 1130. The van der Waals surface area contributed by atoms with Gasteiger partial charge in [-0.05, 0) is 28.8 Å². The first kappa shape index (κ1) is 19.4. The van der Waals surface area contributed by atoms with E-state index >= 15 is 0 Å². The molecule has 0 bridgehead atoms. The Morgan fingerprint density at radius 1 is 1.13 bits per heavy atom. The maximum absolute atomic E-state index is 12.4. The second kappa shape index (κ2) is 8.22. The molecule has 0 saturated carbocycles. The zero-order chi connectivity index (χ0) is 21.1. The first-order valence-corrected chi connectivity index (χ1v) is 9.42. The average Bonchev–Trinajstić information content (AvgIpc) is 3.28. The number of aromatic nitrogens is 1. The third-order valence-corrected chi connectivity index (χ3v) is 5.13. The van der Waals surface area contributed by atoms with Gasteiger partial charge in [0, 0.05) is 36.1 Å². The van der Waals surface area contributed by atoms with Crippen LogP contribution in [0.15, 0.2) is 60.8 Å². The molecule has 8 nitrogen and oxygen atoms in total. The van der Waals surface area contributed by atoms with Crippen LogP contribution < -0.4 is 10.8 Å². The van der Waals surface area contributed by atoms with Gasteiger partial charge in [-0.1, -0.05) is 42.5 Å². The van der Waals surface area contributed by atoms with Crippen LogP contribution in [0.4, 0.5) is 4.79 Å². The van der Waals surface area contributed by atoms with E-state index in [0.717, 1.165) is 27.6 Å². The third kappa shape index (κ3) is 3.94. The minimum absolute atomic E-state index is 0.283. The minimum atomic E-state index is -0.619. The summed E-state index contributed by atoms with van der Waals surface area (Å²) in [7, 11) is 0. The van der Waals surface area contributed by atoms with Gasteiger partial charge in [-0.15, -0.1) is 0 Å². The van der Waals surface area contributed by atoms with Crippen molar-refractivity contribution in [3.63, 3.8) is 0 Å². The van der Waals surface area contributed by atoms with Crippen molar-refractivity contribution in [1.82, 2.24) is 20.7 Å². The van der Waals surface area contributed by atoms with Crippen molar-refractivity contribution in [2.24, 2.45) is 0 Å². The number of hydrogen-bond acceptors (Lipinski definition) is 4. The zero-order valence-electron chi connectivity index (χ0n) is 16.0. The third-order valence-electron chi connectivity index (χ3n) is 5.13. The van der Waals surface area contributed by atoms with Gasteiger partial charge < -0.3 is 9.88 Å². The summed E-state index contributed by atoms with van der Waals surface area (Å²) in [5.74, 6) is -0.925. The average molecular weight is 404 g/mol. The molecular weight excluding hydrogens is 384 g/mol. The van der Waals surface area contributed by atoms with E-state index in [1.807, 2.05) is 42.6 Å². The fourth-order valence-corrected chi connectivity index (χ4v) is 3.58. The molecule has 0 unspecified atom stereocenters. The molecule has 1 atom stereocenters. The Labute approximate surface area is 172 Å². The lowest BCUT2D eigenvalue weighted by Gasteiger charge is -2.21. The SMILES string of the molecule is O=C(/C=C/c1ccc(CN2C(=O)NC(=O)[C@H]2Cc2c[nH]c3ccccc23)cc1)NO. The number of amides is 4. The Morgan fingerprint density at radius 2 is 1.90 bits per heavy atom. The molecule has 4 N–H and O–H groups in total. The number of nitrogens with zero attached hydrogens (tertiary/aromatic N) is 1. The van der Waals surface area contributed by atoms with E-state index in [4.69, 9.17) is 5.21 Å². The number of fused-ring (bicyclic) bond motifs is 1. The minimum Gasteiger partial charge on any atom is -0.361 e. The van der Waals surface area contributed by atoms with Crippen molar-refractivity contribution in [3.05, 3.63) is 77.5 Å². The predicted molar refractivity (Wildman–Crippen MR) is 110 cm³/mol. The summed E-state index contributed by atoms with van der Waals surface area (Å²) in [5.41, 5.74) is 5.11. The van der Waals surface area contributed by atoms with Gasteiger partial charge in [0.2, 0.25) is 0 Å². The highest BCUT2D eigenvalue weighted by atomic mass is 16.5. The first-order valence-electron chi connectivity index (χ1n) is 9.42. The van der Waals surface area contributed by atoms with E-state index in [2.05, 4.69) is 10.3 Å². The van der Waals surface area contributed by atoms with Crippen molar-refractivity contribution in [2.45, 2.75) is 19.0 Å². The summed E-state index contributed by atoms with van der Waals surface area (Å²) in [6, 6.07) is 14.1. The molecule has 1 fully saturated rings. The molecule has 152 valence electrons. The van der Waals surface area contributed by atoms with E-state index < -0.39 is 18.0 Å². The van der Waals surface area contributed by atoms with Crippen molar-refractivity contribution >= 4 is 34.8 Å². The van der Waals surface area contributed by atoms with Crippen LogP contribution in [0.25, 0.3) is 17.0 Å². The van der Waals surface area contributed by atoms with Crippen LogP contribution in [0.5, 0.6) is 0 Å². The lowest BCUT2D eigenvalue weighted by molar-refractivity contribution is -0.124. The Morgan fingerprint density at radius 3 is 2.67 bits per heavy atom. The molecular formula is C22H20N4O4. The van der Waals surface area contributed by atoms with Crippen LogP contribution in [0.1, 0.15) is 16.7 Å². The maximum Gasteiger partial charge on any atom is 0.325 e. The molecule has 3 aromatic rings. The molecule has 1 saturated heterocycles. The topological polar surface area (TPSA) is 115 Å². The van der Waals surface area contributed by atoms with Crippen molar-refractivity contribution in [1.29, 1.82) is 0 Å². The fourth-order valence-electron chi connectivity index (χ4n) is 3.58. The van der Waals surface area contributed by atoms with Crippen LogP contribution in [0.3, 0.4) is 0 Å². The van der Waals surface area contributed by atoms with Crippen LogP contribution >= 0.6 is 0 Å². The van der Waals surface area contributed by atoms with Crippen molar-refractivity contribution < 1.29 is 19.6 Å². The summed E-state index contributed by atoms with van der Waals surface area (Å²) in [6.07, 6.45) is 5.06. The fraction of sp³-hybridized carbons (Fsp3) is 0.136. The Hall–Kier alpha value is -3.91. The lowest BCUT2D eigenvalue weighted by Crippen LogP contribution is -2.36. The number of carbonyl (C=O) groups is 3. The van der Waals surface area contributed by atoms with Crippen LogP contribution in [0.2, 0.25) is 0 Å². The van der Waals surface area contributed by atoms with Crippen LogP contribution in [-0.2, 0) is 22.6 Å². The monoisotopic (exact) mass is 404 g/mol. The number of nitrogens with one attached hydrogen (secondary N) is 3. The second-order valence-corrected chi connectivity index (χ2v) is 7.05. The first-order chi connectivity index (χ1) is 14.5. The summed E-state index contributed by atoms with van der Waals surface area (Å²) in [5, 5.41) is 12.0. The van der Waals surface area contributed by atoms with E-state index in [1.165, 1.54) is 16.5 Å². The summed E-state index contributed by atoms with van der Waals surface area (Å²) in [4.78, 5) is 40.6. The van der Waals surface area contributed by atoms with Gasteiger partial charge in [-0.25, -0.2) is 10.3 Å². The van der Waals surface area contributed by atoms with Gasteiger partial charge >= 0.3 is 6.03 Å². The summed E-state index contributed by atoms with van der Waals surface area (Å²) >= 11 is 0. The van der Waals surface area contributed by atoms with E-state index in [-0.39, 0.29) is 12.5 Å². The van der Waals surface area contributed by atoms with Gasteiger partial charge in [-0.2, -0.15) is 0 Å². The van der Waals surface area contributed by atoms with Crippen LogP contribution in [-0.4, -0.2) is 39.0 Å². The highest BCUT2D eigenvalue weighted by Gasteiger charge is 2.38. The van der Waals surface area contributed by atoms with Crippen molar-refractivity contribution in [2.75, 3.05) is 0 Å². The lowest BCUT2D eigenvalue weighted by atomic mass is 10.0. The molecule has 0 aliphatic carbocycles. The molecule has 8 heteroatoms. The smallest absolute Gasteiger partial charge is 0.325 e. The number of para-hydroxylation sites is 1. The quantitative estimate of drug-likeness (QED) is 0.218. The number of hydrogen-bond donors (Lipinski definition) is 4. The molecule has 1 aliphatic heterocycles. The van der Waals surface area contributed by atoms with E-state index in [1.54, 1.807) is 18.2 Å². The number of hydroxylamine groups is 1. The number of aromatic amines is 1. The number of benzene rings is 2. The van der Waals surface area contributed by atoms with Crippen molar-refractivity contribution in [3.8, 4) is 0 Å². The predicted octanol–water partition coefficient (Wildman–Crippen LogP) is 2.35. The molecule has 4 rings (SSSR count). The molecule has 30 heavy (non-hydrogen) atoms. The van der Waals surface area contributed by atoms with Gasteiger partial charge in [-0.3, -0.25) is 20.1 Å². The van der Waals surface area contributed by atoms with Gasteiger partial charge in [0.05, 0.1) is 0 Å². The number of imide groups is 1. The van der Waals surface area contributed by atoms with Gasteiger partial charge in [0.1, 0.15) is 6.04 Å². The zero-order valence-corrected chi connectivity index (χ0v) is 16.0. The highest BCUT2D eigenvalue weighted by molar-refractivity contribution is 6.04. The largest absolute Gasteiger partial charge is 0.361 e. The highest BCUT2D eigenvalue weighted by Crippen LogP contribution is 2.23. The number of carbonyl (C=O) groups excluding carboxylic acids is 3. The second-order valence-electron chi connectivity index (χ2n) is 7.05. The Balaban J connectivity index is 1.50. The normalized spacial score (nSPS) is 16.4. The molecule has 2 heterocycles. The summed E-state index contributed by atoms with van der Waals surface area (Å²) < 4.78 is 0. The Kier molecular flexibility index (Phi) is 5.32. The number of rotatable bonds is 6. The molecule has 4 amide bonds. The van der Waals surface area contributed by atoms with Gasteiger partial charge in [0.25, 0.3) is 11.8 Å². The summed E-state index contributed by atoms with van der Waals surface area (Å²) in [6.45, 7) is 0.283. The molecule has 0 radical (unpaired) electrons. The number of H-pyrrole nitrogens is 1. The maximum atomic E-state index is 12.4.